The Morgan fingerprint density at radius 3 is 2.56 bits per heavy atom. The van der Waals surface area contributed by atoms with E-state index in [1.54, 1.807) is 36.5 Å². The molecule has 1 atom stereocenters. The first-order valence-corrected chi connectivity index (χ1v) is 12.1. The number of anilines is 1. The molecule has 1 saturated heterocycles. The Morgan fingerprint density at radius 1 is 1.00 bits per heavy atom. The number of nitrogens with zero attached hydrogens (tertiary/aromatic N) is 3. The van der Waals surface area contributed by atoms with Gasteiger partial charge in [0.15, 0.2) is 5.13 Å². The van der Waals surface area contributed by atoms with Gasteiger partial charge in [0.2, 0.25) is 0 Å². The van der Waals surface area contributed by atoms with Crippen LogP contribution in [0.15, 0.2) is 84.6 Å². The van der Waals surface area contributed by atoms with Gasteiger partial charge in [0.05, 0.1) is 26.5 Å². The molecule has 0 spiro atoms. The number of pyridine rings is 1. The number of thiazole rings is 1. The van der Waals surface area contributed by atoms with Gasteiger partial charge in [-0.2, -0.15) is 0 Å². The number of carbonyl (C=O) groups excluding carboxylic acids is 2. The van der Waals surface area contributed by atoms with Gasteiger partial charge in [0.1, 0.15) is 17.6 Å². The van der Waals surface area contributed by atoms with E-state index >= 15 is 0 Å². The molecule has 9 heteroatoms. The maximum atomic E-state index is 14.0. The van der Waals surface area contributed by atoms with Crippen molar-refractivity contribution >= 4 is 66.5 Å². The molecule has 6 nitrogen and oxygen atoms in total. The zero-order valence-electron chi connectivity index (χ0n) is 18.4. The Labute approximate surface area is 212 Å². The summed E-state index contributed by atoms with van der Waals surface area (Å²) in [5.74, 6) is -2.65. The number of aliphatic hydroxyl groups excluding tert-OH is 1. The van der Waals surface area contributed by atoms with E-state index in [0.717, 1.165) is 22.1 Å². The summed E-state index contributed by atoms with van der Waals surface area (Å²) in [6.45, 7) is 0. The second kappa shape index (κ2) is 8.51. The van der Waals surface area contributed by atoms with Crippen LogP contribution in [0.3, 0.4) is 0 Å². The van der Waals surface area contributed by atoms with Crippen molar-refractivity contribution in [3.05, 3.63) is 107 Å². The number of halogens is 2. The third-order valence-electron chi connectivity index (χ3n) is 6.06. The molecule has 0 radical (unpaired) electrons. The van der Waals surface area contributed by atoms with Crippen molar-refractivity contribution in [1.82, 2.24) is 9.97 Å². The van der Waals surface area contributed by atoms with Crippen LogP contribution in [0.25, 0.3) is 26.7 Å². The molecule has 0 bridgehead atoms. The topological polar surface area (TPSA) is 83.4 Å². The van der Waals surface area contributed by atoms with Crippen molar-refractivity contribution in [2.75, 3.05) is 4.90 Å². The Kier molecular flexibility index (Phi) is 5.28. The van der Waals surface area contributed by atoms with E-state index in [4.69, 9.17) is 11.6 Å². The van der Waals surface area contributed by atoms with E-state index in [1.165, 1.54) is 17.0 Å². The van der Waals surface area contributed by atoms with Crippen molar-refractivity contribution in [2.24, 2.45) is 0 Å². The smallest absolute Gasteiger partial charge is 0.301 e. The summed E-state index contributed by atoms with van der Waals surface area (Å²) in [4.78, 5) is 36.7. The van der Waals surface area contributed by atoms with Gasteiger partial charge in [-0.05, 0) is 41.1 Å². The van der Waals surface area contributed by atoms with Crippen LogP contribution in [-0.4, -0.2) is 26.8 Å². The minimum Gasteiger partial charge on any atom is -0.507 e. The number of carbonyl (C=O) groups is 2. The van der Waals surface area contributed by atoms with Crippen LogP contribution in [0.1, 0.15) is 17.3 Å². The monoisotopic (exact) mass is 515 g/mol. The zero-order valence-corrected chi connectivity index (χ0v) is 19.9. The molecular weight excluding hydrogens is 501 g/mol. The summed E-state index contributed by atoms with van der Waals surface area (Å²) in [7, 11) is 0. The fourth-order valence-electron chi connectivity index (χ4n) is 4.35. The number of hydrogen-bond donors (Lipinski definition) is 1. The Bertz CT molecular complexity index is 1700. The van der Waals surface area contributed by atoms with Crippen LogP contribution in [0, 0.1) is 5.82 Å². The molecule has 1 N–H and O–H groups in total. The lowest BCUT2D eigenvalue weighted by molar-refractivity contribution is -0.132. The van der Waals surface area contributed by atoms with E-state index in [2.05, 4.69) is 9.97 Å². The Balaban J connectivity index is 1.56. The van der Waals surface area contributed by atoms with Gasteiger partial charge in [0, 0.05) is 11.8 Å². The molecule has 1 aliphatic heterocycles. The molecule has 36 heavy (non-hydrogen) atoms. The molecule has 0 aliphatic carbocycles. The lowest BCUT2D eigenvalue weighted by Crippen LogP contribution is -2.29. The molecule has 5 aromatic rings. The summed E-state index contributed by atoms with van der Waals surface area (Å²) >= 11 is 6.96. The van der Waals surface area contributed by atoms with Gasteiger partial charge >= 0.3 is 5.91 Å². The molecule has 0 saturated carbocycles. The number of aromatic nitrogens is 2. The fraction of sp³-hybridized carbons (Fsp3) is 0.0370. The Morgan fingerprint density at radius 2 is 1.78 bits per heavy atom. The van der Waals surface area contributed by atoms with E-state index in [9.17, 15) is 19.1 Å². The van der Waals surface area contributed by atoms with Crippen molar-refractivity contribution in [3.63, 3.8) is 0 Å². The van der Waals surface area contributed by atoms with E-state index in [-0.39, 0.29) is 21.5 Å². The van der Waals surface area contributed by atoms with Crippen molar-refractivity contribution < 1.29 is 19.1 Å². The fourth-order valence-corrected chi connectivity index (χ4v) is 5.51. The summed E-state index contributed by atoms with van der Waals surface area (Å²) in [6.07, 6.45) is 1.54. The summed E-state index contributed by atoms with van der Waals surface area (Å²) in [6, 6.07) is 19.6. The molecule has 1 unspecified atom stereocenters. The maximum Gasteiger partial charge on any atom is 0.301 e. The third kappa shape index (κ3) is 3.54. The standard InChI is InChI=1S/C27H15ClFN3O3S/c28-17-12-20-21(13-18(17)29)36-27(31-20)32-23(19-7-3-4-10-30-19)22(25(34)26(32)35)24(33)16-9-8-14-5-1-2-6-15(14)11-16/h1-13,23,33H/b24-22+. The number of ketones is 1. The average molecular weight is 516 g/mol. The molecule has 6 rings (SSSR count). The second-order valence-corrected chi connectivity index (χ2v) is 9.63. The lowest BCUT2D eigenvalue weighted by Gasteiger charge is -2.22. The summed E-state index contributed by atoms with van der Waals surface area (Å²) in [5, 5.41) is 13.3. The van der Waals surface area contributed by atoms with Crippen LogP contribution in [-0.2, 0) is 9.59 Å². The largest absolute Gasteiger partial charge is 0.507 e. The molecule has 1 aliphatic rings. The predicted molar refractivity (Wildman–Crippen MR) is 138 cm³/mol. The van der Waals surface area contributed by atoms with Crippen LogP contribution in [0.2, 0.25) is 5.02 Å². The summed E-state index contributed by atoms with van der Waals surface area (Å²) in [5.41, 5.74) is 1.06. The van der Waals surface area contributed by atoms with Gasteiger partial charge in [-0.3, -0.25) is 19.5 Å². The van der Waals surface area contributed by atoms with E-state index < -0.39 is 23.5 Å². The molecule has 3 heterocycles. The van der Waals surface area contributed by atoms with Gasteiger partial charge in [0.25, 0.3) is 5.78 Å². The van der Waals surface area contributed by atoms with Crippen LogP contribution < -0.4 is 4.90 Å². The van der Waals surface area contributed by atoms with Crippen molar-refractivity contribution in [3.8, 4) is 0 Å². The highest BCUT2D eigenvalue weighted by Crippen LogP contribution is 2.44. The number of fused-ring (bicyclic) bond motifs is 2. The maximum absolute atomic E-state index is 14.0. The predicted octanol–water partition coefficient (Wildman–Crippen LogP) is 6.26. The normalized spacial score (nSPS) is 17.4. The van der Waals surface area contributed by atoms with E-state index in [0.29, 0.717) is 21.5 Å². The highest BCUT2D eigenvalue weighted by Gasteiger charge is 2.48. The first-order valence-electron chi connectivity index (χ1n) is 10.9. The number of hydrogen-bond acceptors (Lipinski definition) is 6. The number of aliphatic hydroxyl groups is 1. The second-order valence-electron chi connectivity index (χ2n) is 8.22. The number of rotatable bonds is 3. The number of benzene rings is 3. The SMILES string of the molecule is O=C1C(=O)N(c2nc3cc(Cl)c(F)cc3s2)C(c2ccccn2)/C1=C(\O)c1ccc2ccccc2c1. The quantitative estimate of drug-likeness (QED) is 0.174. The molecule has 176 valence electrons. The van der Waals surface area contributed by atoms with Gasteiger partial charge in [-0.15, -0.1) is 0 Å². The van der Waals surface area contributed by atoms with E-state index in [1.807, 2.05) is 30.3 Å². The molecule has 2 aromatic heterocycles. The van der Waals surface area contributed by atoms with Crippen LogP contribution in [0.4, 0.5) is 9.52 Å². The van der Waals surface area contributed by atoms with Crippen LogP contribution in [0.5, 0.6) is 0 Å². The molecule has 1 fully saturated rings. The zero-order chi connectivity index (χ0) is 25.0. The van der Waals surface area contributed by atoms with Gasteiger partial charge in [-0.1, -0.05) is 65.4 Å². The van der Waals surface area contributed by atoms with Gasteiger partial charge in [-0.25, -0.2) is 9.37 Å². The van der Waals surface area contributed by atoms with Crippen LogP contribution >= 0.6 is 22.9 Å². The van der Waals surface area contributed by atoms with Crippen molar-refractivity contribution in [2.45, 2.75) is 6.04 Å². The average Bonchev–Trinajstić information content (AvgIpc) is 3.41. The lowest BCUT2D eigenvalue weighted by atomic mass is 9.97. The minimum absolute atomic E-state index is 0.0982. The third-order valence-corrected chi connectivity index (χ3v) is 7.37. The number of Topliss-reactive ketones (excluding diaryl/α,β-unsaturated/α-hetero) is 1. The van der Waals surface area contributed by atoms with Crippen molar-refractivity contribution in [1.29, 1.82) is 0 Å². The highest BCUT2D eigenvalue weighted by atomic mass is 35.5. The molecular formula is C27H15ClFN3O3S. The van der Waals surface area contributed by atoms with Gasteiger partial charge < -0.3 is 5.11 Å². The molecule has 3 aromatic carbocycles. The Hall–Kier alpha value is -4.14. The highest BCUT2D eigenvalue weighted by molar-refractivity contribution is 7.22. The first-order chi connectivity index (χ1) is 17.4. The summed E-state index contributed by atoms with van der Waals surface area (Å²) < 4.78 is 14.5. The number of amides is 1. The molecule has 1 amide bonds. The minimum atomic E-state index is -1.03. The first kappa shape index (κ1) is 22.3.